The van der Waals surface area contributed by atoms with E-state index in [1.807, 2.05) is 4.72 Å². The maximum atomic E-state index is 12.0. The van der Waals surface area contributed by atoms with Gasteiger partial charge in [-0.05, 0) is 35.0 Å². The molecule has 1 atom stereocenters. The molecule has 0 aliphatic carbocycles. The highest BCUT2D eigenvalue weighted by molar-refractivity contribution is 9.10. The molecule has 6 nitrogen and oxygen atoms in total. The van der Waals surface area contributed by atoms with Gasteiger partial charge in [-0.15, -0.1) is 0 Å². The monoisotopic (exact) mass is 371 g/mol. The Morgan fingerprint density at radius 3 is 2.58 bits per heavy atom. The number of sulfonamides is 1. The second-order valence-electron chi connectivity index (χ2n) is 3.60. The van der Waals surface area contributed by atoms with Crippen LogP contribution in [0.2, 0.25) is 5.02 Å². The van der Waals surface area contributed by atoms with Crippen LogP contribution in [-0.2, 0) is 14.8 Å². The Labute approximate surface area is 123 Å². The van der Waals surface area contributed by atoms with E-state index < -0.39 is 22.0 Å². The molecule has 1 rings (SSSR count). The van der Waals surface area contributed by atoms with E-state index in [1.54, 1.807) is 0 Å². The quantitative estimate of drug-likeness (QED) is 0.823. The van der Waals surface area contributed by atoms with Crippen LogP contribution in [0.1, 0.15) is 6.92 Å². The van der Waals surface area contributed by atoms with Crippen molar-refractivity contribution in [3.05, 3.63) is 21.6 Å². The summed E-state index contributed by atoms with van der Waals surface area (Å²) in [6.45, 7) is 1.22. The van der Waals surface area contributed by atoms with Crippen molar-refractivity contribution in [2.24, 2.45) is 0 Å². The van der Waals surface area contributed by atoms with Crippen molar-refractivity contribution in [1.82, 2.24) is 4.72 Å². The minimum absolute atomic E-state index is 0.106. The van der Waals surface area contributed by atoms with Crippen molar-refractivity contribution < 1.29 is 23.1 Å². The number of carbonyl (C=O) groups is 1. The van der Waals surface area contributed by atoms with E-state index in [1.165, 1.54) is 26.2 Å². The summed E-state index contributed by atoms with van der Waals surface area (Å²) in [5, 5.41) is 8.82. The second-order valence-corrected chi connectivity index (χ2v) is 6.54. The first-order valence-corrected chi connectivity index (χ1v) is 7.62. The van der Waals surface area contributed by atoms with Gasteiger partial charge in [0.15, 0.2) is 0 Å². The predicted molar refractivity (Wildman–Crippen MR) is 73.1 cm³/mol. The zero-order valence-electron chi connectivity index (χ0n) is 9.98. The van der Waals surface area contributed by atoms with Gasteiger partial charge in [0.25, 0.3) is 0 Å². The minimum atomic E-state index is -4.00. The SMILES string of the molecule is COc1cc(Br)c(S(=O)(=O)N[C@@H](C)C(=O)O)cc1Cl. The van der Waals surface area contributed by atoms with Crippen LogP contribution in [0, 0.1) is 0 Å². The highest BCUT2D eigenvalue weighted by atomic mass is 79.9. The zero-order valence-corrected chi connectivity index (χ0v) is 13.1. The van der Waals surface area contributed by atoms with Crippen molar-refractivity contribution in [3.63, 3.8) is 0 Å². The van der Waals surface area contributed by atoms with Gasteiger partial charge in [0.05, 0.1) is 17.0 Å². The highest BCUT2D eigenvalue weighted by Crippen LogP contribution is 2.33. The molecule has 19 heavy (non-hydrogen) atoms. The summed E-state index contributed by atoms with van der Waals surface area (Å²) in [5.41, 5.74) is 0. The van der Waals surface area contributed by atoms with Gasteiger partial charge in [-0.2, -0.15) is 4.72 Å². The smallest absolute Gasteiger partial charge is 0.321 e. The van der Waals surface area contributed by atoms with Crippen LogP contribution in [0.5, 0.6) is 5.75 Å². The Kier molecular flexibility index (Phi) is 5.19. The van der Waals surface area contributed by atoms with E-state index in [0.717, 1.165) is 0 Å². The summed E-state index contributed by atoms with van der Waals surface area (Å²) in [6.07, 6.45) is 0. The largest absolute Gasteiger partial charge is 0.495 e. The van der Waals surface area contributed by atoms with Gasteiger partial charge in [-0.1, -0.05) is 11.6 Å². The van der Waals surface area contributed by atoms with E-state index in [4.69, 9.17) is 21.4 Å². The van der Waals surface area contributed by atoms with Crippen LogP contribution < -0.4 is 9.46 Å². The molecule has 0 heterocycles. The number of carboxylic acid groups (broad SMARTS) is 1. The van der Waals surface area contributed by atoms with Gasteiger partial charge in [0.2, 0.25) is 10.0 Å². The molecular formula is C10H11BrClNO5S. The Bertz CT molecular complexity index is 604. The lowest BCUT2D eigenvalue weighted by Crippen LogP contribution is -2.38. The predicted octanol–water partition coefficient (Wildman–Crippen LogP) is 1.86. The van der Waals surface area contributed by atoms with Crippen LogP contribution in [-0.4, -0.2) is 32.6 Å². The van der Waals surface area contributed by atoms with Gasteiger partial charge >= 0.3 is 5.97 Å². The van der Waals surface area contributed by atoms with Gasteiger partial charge in [-0.25, -0.2) is 8.42 Å². The van der Waals surface area contributed by atoms with Crippen molar-refractivity contribution >= 4 is 43.5 Å². The fourth-order valence-electron chi connectivity index (χ4n) is 1.22. The van der Waals surface area contributed by atoms with Crippen molar-refractivity contribution in [1.29, 1.82) is 0 Å². The summed E-state index contributed by atoms with van der Waals surface area (Å²) in [6, 6.07) is 1.32. The first-order valence-electron chi connectivity index (χ1n) is 4.97. The molecule has 0 aromatic heterocycles. The number of hydrogen-bond donors (Lipinski definition) is 2. The third-order valence-electron chi connectivity index (χ3n) is 2.20. The normalized spacial score (nSPS) is 13.1. The van der Waals surface area contributed by atoms with Gasteiger partial charge < -0.3 is 9.84 Å². The molecule has 0 aliphatic heterocycles. The molecule has 106 valence electrons. The number of ether oxygens (including phenoxy) is 1. The van der Waals surface area contributed by atoms with Crippen LogP contribution in [0.25, 0.3) is 0 Å². The van der Waals surface area contributed by atoms with E-state index >= 15 is 0 Å². The number of carboxylic acids is 1. The molecule has 0 saturated heterocycles. The van der Waals surface area contributed by atoms with E-state index in [2.05, 4.69) is 15.9 Å². The average Bonchev–Trinajstić information content (AvgIpc) is 2.30. The molecule has 0 saturated carbocycles. The first-order chi connectivity index (χ1) is 8.69. The number of halogens is 2. The number of methoxy groups -OCH3 is 1. The van der Waals surface area contributed by atoms with Crippen LogP contribution in [0.4, 0.5) is 0 Å². The molecular weight excluding hydrogens is 362 g/mol. The second kappa shape index (κ2) is 6.08. The maximum absolute atomic E-state index is 12.0. The van der Waals surface area contributed by atoms with Crippen LogP contribution >= 0.6 is 27.5 Å². The van der Waals surface area contributed by atoms with Crippen molar-refractivity contribution in [2.75, 3.05) is 7.11 Å². The lowest BCUT2D eigenvalue weighted by Gasteiger charge is -2.13. The molecule has 2 N–H and O–H groups in total. The molecule has 0 unspecified atom stereocenters. The third kappa shape index (κ3) is 3.82. The molecule has 0 fully saturated rings. The van der Waals surface area contributed by atoms with Crippen LogP contribution in [0.3, 0.4) is 0 Å². The topological polar surface area (TPSA) is 92.7 Å². The molecule has 0 amide bonds. The number of aliphatic carboxylic acids is 1. The van der Waals surface area contributed by atoms with Gasteiger partial charge in [0, 0.05) is 4.47 Å². The number of benzene rings is 1. The van der Waals surface area contributed by atoms with Gasteiger partial charge in [-0.3, -0.25) is 4.79 Å². The molecule has 1 aromatic rings. The van der Waals surface area contributed by atoms with E-state index in [0.29, 0.717) is 5.75 Å². The summed E-state index contributed by atoms with van der Waals surface area (Å²) in [5.74, 6) is -0.974. The fraction of sp³-hybridized carbons (Fsp3) is 0.300. The highest BCUT2D eigenvalue weighted by Gasteiger charge is 2.24. The van der Waals surface area contributed by atoms with Crippen molar-refractivity contribution in [2.45, 2.75) is 17.9 Å². The summed E-state index contributed by atoms with van der Waals surface area (Å²) in [4.78, 5) is 10.5. The number of hydrogen-bond acceptors (Lipinski definition) is 4. The number of nitrogens with one attached hydrogen (secondary N) is 1. The Hall–Kier alpha value is -0.830. The molecule has 0 spiro atoms. The Morgan fingerprint density at radius 2 is 2.11 bits per heavy atom. The maximum Gasteiger partial charge on any atom is 0.321 e. The molecule has 1 aromatic carbocycles. The molecule has 0 radical (unpaired) electrons. The lowest BCUT2D eigenvalue weighted by atomic mass is 10.3. The molecule has 0 bridgehead atoms. The van der Waals surface area contributed by atoms with Crippen molar-refractivity contribution in [3.8, 4) is 5.75 Å². The molecule has 9 heteroatoms. The average molecular weight is 373 g/mol. The standard InChI is InChI=1S/C10H11BrClNO5S/c1-5(10(14)15)13-19(16,17)9-4-7(12)8(18-2)3-6(9)11/h3-5,13H,1-2H3,(H,14,15)/t5-/m0/s1. The Morgan fingerprint density at radius 1 is 1.53 bits per heavy atom. The van der Waals surface area contributed by atoms with E-state index in [9.17, 15) is 13.2 Å². The van der Waals surface area contributed by atoms with Gasteiger partial charge in [0.1, 0.15) is 11.8 Å². The summed E-state index contributed by atoms with van der Waals surface area (Å²) in [7, 11) is -2.60. The Balaban J connectivity index is 3.22. The lowest BCUT2D eigenvalue weighted by molar-refractivity contribution is -0.138. The fourth-order valence-corrected chi connectivity index (χ4v) is 3.77. The summed E-state index contributed by atoms with van der Waals surface area (Å²) >= 11 is 8.93. The van der Waals surface area contributed by atoms with Crippen LogP contribution in [0.15, 0.2) is 21.5 Å². The van der Waals surface area contributed by atoms with E-state index in [-0.39, 0.29) is 14.4 Å². The third-order valence-corrected chi connectivity index (χ3v) is 4.99. The zero-order chi connectivity index (χ0) is 14.8. The minimum Gasteiger partial charge on any atom is -0.495 e. The first kappa shape index (κ1) is 16.2. The molecule has 0 aliphatic rings. The number of rotatable bonds is 5. The summed E-state index contributed by atoms with van der Waals surface area (Å²) < 4.78 is 31.2.